The number of phenolic OH excluding ortho intramolecular Hbond substituents is 1. The summed E-state index contributed by atoms with van der Waals surface area (Å²) in [5.74, 6) is 0.894. The summed E-state index contributed by atoms with van der Waals surface area (Å²) in [5.41, 5.74) is 2.93. The van der Waals surface area contributed by atoms with E-state index in [9.17, 15) is 9.90 Å². The van der Waals surface area contributed by atoms with Gasteiger partial charge < -0.3 is 15.7 Å². The molecule has 1 aliphatic heterocycles. The molecule has 2 aliphatic rings. The van der Waals surface area contributed by atoms with Gasteiger partial charge >= 0.3 is 0 Å². The van der Waals surface area contributed by atoms with Gasteiger partial charge in [-0.25, -0.2) is 0 Å². The van der Waals surface area contributed by atoms with Crippen molar-refractivity contribution in [2.75, 3.05) is 5.32 Å². The van der Waals surface area contributed by atoms with Gasteiger partial charge in [-0.2, -0.15) is 0 Å². The van der Waals surface area contributed by atoms with E-state index in [4.69, 9.17) is 0 Å². The number of phenols is 1. The van der Waals surface area contributed by atoms with Gasteiger partial charge in [0.25, 0.3) is 5.91 Å². The van der Waals surface area contributed by atoms with Crippen LogP contribution < -0.4 is 10.6 Å². The molecule has 0 saturated carbocycles. The Labute approximate surface area is 133 Å². The fourth-order valence-corrected chi connectivity index (χ4v) is 4.77. The zero-order chi connectivity index (χ0) is 15.3. The van der Waals surface area contributed by atoms with Crippen molar-refractivity contribution in [2.24, 2.45) is 5.92 Å². The van der Waals surface area contributed by atoms with E-state index in [2.05, 4.69) is 17.6 Å². The van der Waals surface area contributed by atoms with Crippen LogP contribution in [0.3, 0.4) is 0 Å². The molecule has 1 aliphatic carbocycles. The first-order valence-corrected chi connectivity index (χ1v) is 8.44. The van der Waals surface area contributed by atoms with E-state index in [0.717, 1.165) is 35.4 Å². The number of fused-ring (bicyclic) bond motifs is 3. The third kappa shape index (κ3) is 2.16. The van der Waals surface area contributed by atoms with Gasteiger partial charge in [-0.1, -0.05) is 19.1 Å². The summed E-state index contributed by atoms with van der Waals surface area (Å²) >= 11 is 1.71. The number of aromatic hydroxyl groups is 1. The molecule has 3 N–H and O–H groups in total. The van der Waals surface area contributed by atoms with Crippen molar-refractivity contribution in [3.63, 3.8) is 0 Å². The number of carbonyl (C=O) groups excluding carboxylic acids is 1. The lowest BCUT2D eigenvalue weighted by molar-refractivity contribution is 0.0935. The third-order valence-electron chi connectivity index (χ3n) is 4.49. The molecule has 2 heterocycles. The molecular weight excluding hydrogens is 296 g/mol. The molecule has 22 heavy (non-hydrogen) atoms. The summed E-state index contributed by atoms with van der Waals surface area (Å²) in [6, 6.07) is 7.00. The van der Waals surface area contributed by atoms with Crippen molar-refractivity contribution >= 4 is 22.2 Å². The van der Waals surface area contributed by atoms with Crippen molar-refractivity contribution in [3.05, 3.63) is 45.8 Å². The third-order valence-corrected chi connectivity index (χ3v) is 5.68. The molecule has 0 bridgehead atoms. The van der Waals surface area contributed by atoms with Gasteiger partial charge in [0.1, 0.15) is 16.9 Å². The van der Waals surface area contributed by atoms with Crippen LogP contribution in [0, 0.1) is 5.92 Å². The van der Waals surface area contributed by atoms with Crippen molar-refractivity contribution in [2.45, 2.75) is 32.4 Å². The van der Waals surface area contributed by atoms with E-state index in [1.165, 1.54) is 10.4 Å². The van der Waals surface area contributed by atoms with Crippen LogP contribution in [0.5, 0.6) is 5.75 Å². The van der Waals surface area contributed by atoms with Crippen LogP contribution in [-0.4, -0.2) is 11.0 Å². The van der Waals surface area contributed by atoms with E-state index in [-0.39, 0.29) is 17.8 Å². The van der Waals surface area contributed by atoms with Crippen LogP contribution in [0.1, 0.15) is 45.9 Å². The fraction of sp³-hybridized carbons (Fsp3) is 0.353. The minimum atomic E-state index is -0.287. The summed E-state index contributed by atoms with van der Waals surface area (Å²) in [6.07, 6.45) is 2.93. The molecule has 0 radical (unpaired) electrons. The van der Waals surface area contributed by atoms with Gasteiger partial charge in [0.15, 0.2) is 0 Å². The normalized spacial score (nSPS) is 23.2. The second-order valence-electron chi connectivity index (χ2n) is 6.20. The number of amides is 1. The molecule has 5 heteroatoms. The van der Waals surface area contributed by atoms with Gasteiger partial charge in [-0.05, 0) is 48.4 Å². The average molecular weight is 314 g/mol. The zero-order valence-corrected chi connectivity index (χ0v) is 13.2. The van der Waals surface area contributed by atoms with Crippen LogP contribution >= 0.6 is 11.3 Å². The van der Waals surface area contributed by atoms with E-state index in [1.54, 1.807) is 29.5 Å². The van der Waals surface area contributed by atoms with Gasteiger partial charge in [-0.3, -0.25) is 4.79 Å². The van der Waals surface area contributed by atoms with Crippen LogP contribution in [0.15, 0.2) is 24.3 Å². The number of rotatable bonds is 1. The van der Waals surface area contributed by atoms with Gasteiger partial charge in [0.2, 0.25) is 0 Å². The minimum Gasteiger partial charge on any atom is -0.508 e. The predicted octanol–water partition coefficient (Wildman–Crippen LogP) is 3.43. The van der Waals surface area contributed by atoms with E-state index in [1.807, 2.05) is 6.07 Å². The highest BCUT2D eigenvalue weighted by Gasteiger charge is 2.33. The molecule has 4 rings (SSSR count). The molecule has 1 aromatic carbocycles. The first-order valence-electron chi connectivity index (χ1n) is 7.62. The SMILES string of the molecule is C[C@@H]1CCc2c(sc3c2C(=O)N[C@H](c2cccc(O)c2)N3)C1. The Balaban J connectivity index is 1.71. The maximum Gasteiger partial charge on any atom is 0.256 e. The summed E-state index contributed by atoms with van der Waals surface area (Å²) < 4.78 is 0. The predicted molar refractivity (Wildman–Crippen MR) is 87.4 cm³/mol. The largest absolute Gasteiger partial charge is 0.508 e. The number of hydrogen-bond acceptors (Lipinski definition) is 4. The second kappa shape index (κ2) is 5.02. The van der Waals surface area contributed by atoms with Crippen molar-refractivity contribution in [3.8, 4) is 5.75 Å². The number of nitrogens with one attached hydrogen (secondary N) is 2. The average Bonchev–Trinajstić information content (AvgIpc) is 2.84. The summed E-state index contributed by atoms with van der Waals surface area (Å²) in [4.78, 5) is 13.9. The molecule has 114 valence electrons. The van der Waals surface area contributed by atoms with E-state index >= 15 is 0 Å². The monoisotopic (exact) mass is 314 g/mol. The number of benzene rings is 1. The highest BCUT2D eigenvalue weighted by atomic mass is 32.1. The topological polar surface area (TPSA) is 61.4 Å². The Hall–Kier alpha value is -2.01. The molecule has 0 spiro atoms. The number of thiophene rings is 1. The Morgan fingerprint density at radius 2 is 2.18 bits per heavy atom. The maximum atomic E-state index is 12.6. The number of carbonyl (C=O) groups is 1. The van der Waals surface area contributed by atoms with Gasteiger partial charge in [0.05, 0.1) is 5.56 Å². The molecule has 1 amide bonds. The highest BCUT2D eigenvalue weighted by Crippen LogP contribution is 2.42. The second-order valence-corrected chi connectivity index (χ2v) is 7.31. The summed E-state index contributed by atoms with van der Waals surface area (Å²) in [6.45, 7) is 2.27. The number of anilines is 1. The lowest BCUT2D eigenvalue weighted by Crippen LogP contribution is -2.38. The minimum absolute atomic E-state index is 0.00542. The Kier molecular flexibility index (Phi) is 3.11. The fourth-order valence-electron chi connectivity index (χ4n) is 3.33. The van der Waals surface area contributed by atoms with Crippen LogP contribution in [-0.2, 0) is 12.8 Å². The smallest absolute Gasteiger partial charge is 0.256 e. The Morgan fingerprint density at radius 1 is 1.32 bits per heavy atom. The Bertz CT molecular complexity index is 753. The molecule has 4 nitrogen and oxygen atoms in total. The molecular formula is C17H18N2O2S. The van der Waals surface area contributed by atoms with Gasteiger partial charge in [-0.15, -0.1) is 11.3 Å². The molecule has 0 unspecified atom stereocenters. The Morgan fingerprint density at radius 3 is 3.00 bits per heavy atom. The molecule has 2 aromatic rings. The zero-order valence-electron chi connectivity index (χ0n) is 12.3. The maximum absolute atomic E-state index is 12.6. The summed E-state index contributed by atoms with van der Waals surface area (Å²) in [5, 5.41) is 17.0. The molecule has 1 aromatic heterocycles. The van der Waals surface area contributed by atoms with Crippen LogP contribution in [0.25, 0.3) is 0 Å². The quantitative estimate of drug-likeness (QED) is 0.756. The van der Waals surface area contributed by atoms with Gasteiger partial charge in [0, 0.05) is 4.88 Å². The van der Waals surface area contributed by atoms with Crippen LogP contribution in [0.4, 0.5) is 5.00 Å². The van der Waals surface area contributed by atoms with Crippen molar-refractivity contribution in [1.29, 1.82) is 0 Å². The van der Waals surface area contributed by atoms with Crippen LogP contribution in [0.2, 0.25) is 0 Å². The lowest BCUT2D eigenvalue weighted by atomic mass is 9.88. The summed E-state index contributed by atoms with van der Waals surface area (Å²) in [7, 11) is 0. The first-order chi connectivity index (χ1) is 10.6. The highest BCUT2D eigenvalue weighted by molar-refractivity contribution is 7.16. The lowest BCUT2D eigenvalue weighted by Gasteiger charge is -2.27. The molecule has 0 saturated heterocycles. The first kappa shape index (κ1) is 13.6. The standard InChI is InChI=1S/C17H18N2O2S/c1-9-5-6-12-13(7-9)22-17-14(12)16(21)18-15(19-17)10-3-2-4-11(20)8-10/h2-4,8-9,15,19-20H,5-7H2,1H3,(H,18,21)/t9-,15+/m1/s1. The van der Waals surface area contributed by atoms with E-state index < -0.39 is 0 Å². The molecule has 0 fully saturated rings. The van der Waals surface area contributed by atoms with Crippen molar-refractivity contribution < 1.29 is 9.90 Å². The van der Waals surface area contributed by atoms with E-state index in [0.29, 0.717) is 5.92 Å². The number of hydrogen-bond donors (Lipinski definition) is 3. The molecule has 2 atom stereocenters. The van der Waals surface area contributed by atoms with Crippen molar-refractivity contribution in [1.82, 2.24) is 5.32 Å².